The van der Waals surface area contributed by atoms with Gasteiger partial charge in [-0.3, -0.25) is 88.1 Å². The second kappa shape index (κ2) is 64.8. The van der Waals surface area contributed by atoms with E-state index in [0.29, 0.717) is 43.2 Å². The van der Waals surface area contributed by atoms with Crippen LogP contribution in [0.15, 0.2) is 60.8 Å². The molecule has 15 amide bonds. The lowest BCUT2D eigenvalue weighted by Crippen LogP contribution is -2.62. The number of nitrogens with one attached hydrogen (secondary N) is 21. The Labute approximate surface area is 824 Å². The first-order valence-corrected chi connectivity index (χ1v) is 49.4. The maximum absolute atomic E-state index is 15.2. The topological polar surface area (TPSA) is 756 Å². The minimum Gasteiger partial charge on any atom is -0.370 e. The molecule has 37 N–H and O–H groups in total. The third-order valence-electron chi connectivity index (χ3n) is 23.6. The number of fused-ring (bicyclic) bond motifs is 1. The van der Waals surface area contributed by atoms with Gasteiger partial charge in [0.15, 0.2) is 17.9 Å². The van der Waals surface area contributed by atoms with Crippen LogP contribution in [0.4, 0.5) is 0 Å². The second-order valence-corrected chi connectivity index (χ2v) is 38.6. The monoisotopic (exact) mass is 1970 g/mol. The average Bonchev–Trinajstić information content (AvgIpc) is 1.67. The predicted octanol–water partition coefficient (Wildman–Crippen LogP) is -0.728. The molecule has 0 aliphatic heterocycles. The van der Waals surface area contributed by atoms with Gasteiger partial charge in [0.2, 0.25) is 88.6 Å². The van der Waals surface area contributed by atoms with Gasteiger partial charge in [-0.25, -0.2) is 0 Å². The van der Waals surface area contributed by atoms with Gasteiger partial charge in [-0.05, 0) is 200 Å². The van der Waals surface area contributed by atoms with Crippen LogP contribution in [0.1, 0.15) is 236 Å². The van der Waals surface area contributed by atoms with E-state index in [4.69, 9.17) is 62.1 Å². The zero-order chi connectivity index (χ0) is 105. The molecule has 0 spiro atoms. The maximum Gasteiger partial charge on any atom is 0.243 e. The molecule has 16 atom stereocenters. The summed E-state index contributed by atoms with van der Waals surface area (Å²) in [5.74, 6) is -15.6. The smallest absolute Gasteiger partial charge is 0.243 e. The fourth-order valence-electron chi connectivity index (χ4n) is 15.7. The van der Waals surface area contributed by atoms with Crippen molar-refractivity contribution >= 4 is 117 Å². The minimum atomic E-state index is -1.51. The minimum absolute atomic E-state index is 0.000579. The van der Waals surface area contributed by atoms with Crippen molar-refractivity contribution < 1.29 is 71.9 Å². The van der Waals surface area contributed by atoms with Gasteiger partial charge in [-0.15, -0.1) is 0 Å². The van der Waals surface area contributed by atoms with E-state index in [1.807, 2.05) is 65.8 Å². The van der Waals surface area contributed by atoms with E-state index >= 15 is 28.8 Å². The second-order valence-electron chi connectivity index (χ2n) is 38.6. The number of amides is 15. The summed E-state index contributed by atoms with van der Waals surface area (Å²) < 4.78 is 0. The number of guanidine groups is 3. The molecule has 44 heteroatoms. The Hall–Kier alpha value is -12.3. The van der Waals surface area contributed by atoms with Crippen molar-refractivity contribution in [2.75, 3.05) is 39.3 Å². The van der Waals surface area contributed by atoms with Gasteiger partial charge < -0.3 is 141 Å². The van der Waals surface area contributed by atoms with Crippen LogP contribution < -0.4 is 136 Å². The van der Waals surface area contributed by atoms with E-state index in [9.17, 15) is 43.2 Å². The van der Waals surface area contributed by atoms with Gasteiger partial charge in [-0.2, -0.15) is 0 Å². The Morgan fingerprint density at radius 2 is 0.600 bits per heavy atom. The molecule has 786 valence electrons. The van der Waals surface area contributed by atoms with Crippen molar-refractivity contribution in [3.05, 3.63) is 71.9 Å². The van der Waals surface area contributed by atoms with Crippen molar-refractivity contribution in [3.63, 3.8) is 0 Å². The molecule has 0 saturated carbocycles. The first-order chi connectivity index (χ1) is 66.1. The number of benzene rings is 2. The largest absolute Gasteiger partial charge is 0.370 e. The number of primary amides is 1. The van der Waals surface area contributed by atoms with Crippen LogP contribution in [0.25, 0.3) is 10.9 Å². The number of nitrogens with two attached hydrogens (primary N) is 8. The number of para-hydroxylation sites is 1. The van der Waals surface area contributed by atoms with Crippen LogP contribution in [-0.4, -0.2) is 241 Å². The molecule has 3 aromatic rings. The molecular weight excluding hydrogens is 1800 g/mol. The van der Waals surface area contributed by atoms with Crippen LogP contribution >= 0.6 is 0 Å². The quantitative estimate of drug-likeness (QED) is 0.0188. The lowest BCUT2D eigenvalue weighted by atomic mass is 9.96. The van der Waals surface area contributed by atoms with Crippen LogP contribution in [0.2, 0.25) is 0 Å². The molecule has 44 nitrogen and oxygen atoms in total. The average molecular weight is 1970 g/mol. The third kappa shape index (κ3) is 46.2. The zero-order valence-corrected chi connectivity index (χ0v) is 84.5. The molecule has 0 unspecified atom stereocenters. The maximum atomic E-state index is 15.2. The Bertz CT molecular complexity index is 4460. The standard InChI is InChI=1S/C96H167N29O15/c1-15-59(14)78(93(140)117-68(37-27-43-108-94(102)103)82(129)113-69(38-28-44-109-95(104)105)84(131)124-77(58(12)13)92(139)122-73(49-56(8)9)87(134)116-70(39-29-45-110-96(106)107)85(132)123-76(57(10)11)91(138)118-71(79(101)126)47-54(4)5)125-86(133)67(36-23-26-42-99)112-81(128)65(34-21-24-40-97)114-89(136)74(50-60-30-17-16-18-31-60)121-88(135)72(48-55(6)7)120-83(130)66(35-22-25-41-98)115-90(137)75(119-80(127)63(100)46-53(2)3)51-61-52-111-64-33-20-19-32-62(61)64/h16-20,30-33,52-59,63,65-78,111H,15,21-29,34-51,97-100H2,1-14H3,(H2,101,126)(H,112,128)(H,113,129)(H,114,136)(H,115,137)(H,116,134)(H,117,140)(H,118,138)(H,119,127)(H,120,130)(H,121,135)(H,122,139)(H,123,132)(H,124,131)(H,125,133)(H4,102,103,108)(H4,104,105,109)(H4,106,107,110)/t59-,63-,65-,66-,67-,68-,69-,70-,71-,72-,73-,74-,75-,76-,77-,78-/m0/s1. The van der Waals surface area contributed by atoms with Crippen LogP contribution in [0.5, 0.6) is 0 Å². The lowest BCUT2D eigenvalue weighted by molar-refractivity contribution is -0.137. The van der Waals surface area contributed by atoms with E-state index in [-0.39, 0.29) is 178 Å². The molecule has 2 aromatic carbocycles. The van der Waals surface area contributed by atoms with Gasteiger partial charge in [0, 0.05) is 49.6 Å². The zero-order valence-electron chi connectivity index (χ0n) is 84.5. The van der Waals surface area contributed by atoms with Crippen molar-refractivity contribution in [1.82, 2.24) is 95.4 Å². The molecule has 0 bridgehead atoms. The summed E-state index contributed by atoms with van der Waals surface area (Å²) in [6, 6.07) is -3.74. The number of rotatable bonds is 69. The van der Waals surface area contributed by atoms with Crippen molar-refractivity contribution in [2.45, 2.75) is 329 Å². The number of unbranched alkanes of at least 4 members (excludes halogenated alkanes) is 3. The molecule has 0 radical (unpaired) electrons. The van der Waals surface area contributed by atoms with Gasteiger partial charge in [0.05, 0.1) is 6.04 Å². The van der Waals surface area contributed by atoms with Crippen molar-refractivity contribution in [1.29, 1.82) is 16.2 Å². The van der Waals surface area contributed by atoms with E-state index in [0.717, 1.165) is 10.9 Å². The molecule has 0 saturated heterocycles. The summed E-state index contributed by atoms with van der Waals surface area (Å²) in [4.78, 5) is 222. The van der Waals surface area contributed by atoms with E-state index in [1.54, 1.807) is 91.9 Å². The highest BCUT2D eigenvalue weighted by atomic mass is 16.2. The molecule has 3 rings (SSSR count). The van der Waals surface area contributed by atoms with E-state index < -0.39 is 209 Å². The molecule has 1 heterocycles. The summed E-state index contributed by atoms with van der Waals surface area (Å²) >= 11 is 0. The molecule has 0 aliphatic rings. The molecule has 0 fully saturated rings. The van der Waals surface area contributed by atoms with Gasteiger partial charge in [0.25, 0.3) is 0 Å². The highest BCUT2D eigenvalue weighted by Gasteiger charge is 2.41. The molecule has 140 heavy (non-hydrogen) atoms. The van der Waals surface area contributed by atoms with Crippen molar-refractivity contribution in [3.8, 4) is 0 Å². The lowest BCUT2D eigenvalue weighted by Gasteiger charge is -2.31. The normalized spacial score (nSPS) is 14.9. The fraction of sp³-hybridized carbons (Fsp3) is 0.667. The highest BCUT2D eigenvalue weighted by molar-refractivity contribution is 6.01. The van der Waals surface area contributed by atoms with Gasteiger partial charge in [0.1, 0.15) is 84.6 Å². The number of aromatic nitrogens is 1. The highest BCUT2D eigenvalue weighted by Crippen LogP contribution is 2.23. The Morgan fingerprint density at radius 3 is 0.957 bits per heavy atom. The number of hydrogen-bond acceptors (Lipinski definition) is 22. The summed E-state index contributed by atoms with van der Waals surface area (Å²) in [5, 5.41) is 71.1. The summed E-state index contributed by atoms with van der Waals surface area (Å²) in [5.41, 5.74) is 48.9. The summed E-state index contributed by atoms with van der Waals surface area (Å²) in [7, 11) is 0. The van der Waals surface area contributed by atoms with Crippen LogP contribution in [-0.2, 0) is 84.8 Å². The van der Waals surface area contributed by atoms with E-state index in [1.165, 1.54) is 0 Å². The Kier molecular flexibility index (Phi) is 56.4. The molecule has 0 aliphatic carbocycles. The third-order valence-corrected chi connectivity index (χ3v) is 23.6. The van der Waals surface area contributed by atoms with E-state index in [2.05, 4.69) is 95.4 Å². The first kappa shape index (κ1) is 122. The van der Waals surface area contributed by atoms with Gasteiger partial charge in [-0.1, -0.05) is 152 Å². The number of carbonyl (C=O) groups is 15. The number of aromatic amines is 1. The summed E-state index contributed by atoms with van der Waals surface area (Å²) in [6.07, 6.45) is 4.49. The van der Waals surface area contributed by atoms with Gasteiger partial charge >= 0.3 is 0 Å². The Morgan fingerprint density at radius 1 is 0.314 bits per heavy atom. The number of H-pyrrole nitrogens is 1. The summed E-state index contributed by atoms with van der Waals surface area (Å²) in [6.45, 7) is 25.5. The van der Waals surface area contributed by atoms with Crippen molar-refractivity contribution in [2.24, 2.45) is 87.3 Å². The molecular formula is C96H167N29O15. The number of carbonyl (C=O) groups excluding carboxylic acids is 15. The Balaban J connectivity index is 2.08. The van der Waals surface area contributed by atoms with Crippen LogP contribution in [0, 0.1) is 57.7 Å². The molecule has 1 aromatic heterocycles. The SMILES string of the molecule is CC[C@H](C)[C@H](NC(=O)[C@H](CCCCN)NC(=O)[C@H](CCCCN)NC(=O)[C@H](Cc1ccccc1)NC(=O)[C@H](CC(C)C)NC(=O)[C@H](CCCCN)NC(=O)[C@H](Cc1c[nH]c2ccccc12)NC(=O)[C@@H](N)CC(C)C)C(=O)N[C@@H](CCCNC(=N)N)C(=O)N[C@@H](CCCNC(=N)N)C(=O)N[C@H](C(=O)N[C@@H](CC(C)C)C(=O)N[C@@H](CCCNC(=N)N)C(=O)N[C@H](C(=O)N[C@@H](CC(C)C)C(N)=O)C(C)C)C(C)C. The number of hydrogen-bond donors (Lipinski definition) is 29. The predicted molar refractivity (Wildman–Crippen MR) is 539 cm³/mol. The first-order valence-electron chi connectivity index (χ1n) is 49.4. The van der Waals surface area contributed by atoms with Crippen LogP contribution in [0.3, 0.4) is 0 Å². The fourth-order valence-corrected chi connectivity index (χ4v) is 15.7.